The van der Waals surface area contributed by atoms with Crippen molar-refractivity contribution in [2.75, 3.05) is 50.6 Å². The predicted molar refractivity (Wildman–Crippen MR) is 228 cm³/mol. The largest absolute Gasteiger partial charge is 0.465 e. The number of methoxy groups -OCH3 is 2. The van der Waals surface area contributed by atoms with Crippen LogP contribution >= 0.6 is 22.7 Å². The quantitative estimate of drug-likeness (QED) is 0.202. The van der Waals surface area contributed by atoms with Crippen LogP contribution in [-0.4, -0.2) is 91.9 Å². The molecular formula is C44H60N4O7S2. The lowest BCUT2D eigenvalue weighted by Crippen LogP contribution is -2.48. The zero-order valence-electron chi connectivity index (χ0n) is 35.6. The molecule has 1 N–H and O–H groups in total. The zero-order valence-corrected chi connectivity index (χ0v) is 37.2. The summed E-state index contributed by atoms with van der Waals surface area (Å²) in [6.45, 7) is 20.9. The molecule has 0 aromatic carbocycles. The van der Waals surface area contributed by atoms with Gasteiger partial charge < -0.3 is 24.6 Å². The van der Waals surface area contributed by atoms with Gasteiger partial charge in [0.05, 0.1) is 35.3 Å². The lowest BCUT2D eigenvalue weighted by Gasteiger charge is -2.34. The van der Waals surface area contributed by atoms with E-state index in [9.17, 15) is 24.0 Å². The van der Waals surface area contributed by atoms with E-state index in [0.717, 1.165) is 43.5 Å². The van der Waals surface area contributed by atoms with E-state index in [-0.39, 0.29) is 40.5 Å². The Kier molecular flexibility index (Phi) is 15.5. The maximum Gasteiger partial charge on any atom is 0.350 e. The molecule has 11 nitrogen and oxygen atoms in total. The Labute approximate surface area is 347 Å². The third kappa shape index (κ3) is 11.9. The first kappa shape index (κ1) is 45.4. The maximum atomic E-state index is 13.9. The first-order valence-electron chi connectivity index (χ1n) is 20.0. The molecule has 0 radical (unpaired) electrons. The minimum Gasteiger partial charge on any atom is -0.465 e. The predicted octanol–water partition coefficient (Wildman–Crippen LogP) is 7.68. The molecule has 13 heteroatoms. The second-order valence-corrected chi connectivity index (χ2v) is 19.1. The standard InChI is InChI=1S/C26H36N2O4S.C18H24N2O3S/c1-7-27-15-13-20(24(27)30)28(23(29)18-10-8-17(2)9-11-18)21-16-19(12-14-26(3,4)5)33-22(21)25(31)32-6;1-6-20-10-8-13(16(20)21)19-14-11-12(7-9-18(2,3)4)24-15(14)17(22)23-5/h16-18,20H,7-11,13,15H2,1-6H3;11,13,19H,6,8,10H2,1-5H3/t17?,18?,20-;13-/m00/s1. The molecule has 310 valence electrons. The number of ether oxygens (including phenoxy) is 2. The normalized spacial score (nSPS) is 20.8. The Morgan fingerprint density at radius 3 is 1.79 bits per heavy atom. The molecule has 3 fully saturated rings. The van der Waals surface area contributed by atoms with E-state index in [1.54, 1.807) is 15.9 Å². The fourth-order valence-electron chi connectivity index (χ4n) is 6.96. The number of nitrogens with zero attached hydrogens (tertiary/aromatic N) is 3. The topological polar surface area (TPSA) is 126 Å². The fraction of sp³-hybridized carbons (Fsp3) is 0.614. The van der Waals surface area contributed by atoms with E-state index in [1.165, 1.54) is 36.9 Å². The smallest absolute Gasteiger partial charge is 0.350 e. The molecule has 4 heterocycles. The second-order valence-electron chi connectivity index (χ2n) is 17.0. The summed E-state index contributed by atoms with van der Waals surface area (Å²) in [5.74, 6) is 12.1. The fourth-order valence-corrected chi connectivity index (χ4v) is 8.77. The van der Waals surface area contributed by atoms with E-state index in [1.807, 2.05) is 66.4 Å². The molecule has 1 saturated carbocycles. The highest BCUT2D eigenvalue weighted by molar-refractivity contribution is 7.15. The highest BCUT2D eigenvalue weighted by Crippen LogP contribution is 2.38. The van der Waals surface area contributed by atoms with Crippen molar-refractivity contribution in [1.29, 1.82) is 0 Å². The number of hydrogen-bond donors (Lipinski definition) is 1. The van der Waals surface area contributed by atoms with Crippen LogP contribution in [-0.2, 0) is 23.9 Å². The lowest BCUT2D eigenvalue weighted by atomic mass is 9.82. The van der Waals surface area contributed by atoms with Crippen LogP contribution in [0, 0.1) is 46.3 Å². The highest BCUT2D eigenvalue weighted by atomic mass is 32.1. The summed E-state index contributed by atoms with van der Waals surface area (Å²) >= 11 is 2.51. The van der Waals surface area contributed by atoms with Crippen molar-refractivity contribution in [2.24, 2.45) is 22.7 Å². The lowest BCUT2D eigenvalue weighted by molar-refractivity contribution is -0.132. The average molecular weight is 821 g/mol. The zero-order chi connectivity index (χ0) is 42.2. The SMILES string of the molecule is CCN1CC[C@H](N(C(=O)C2CCC(C)CC2)c2cc(C#CC(C)(C)C)sc2C(=O)OC)C1=O.CCN1CC[C@H](Nc2cc(C#CC(C)(C)C)sc2C(=O)OC)C1=O. The van der Waals surface area contributed by atoms with Gasteiger partial charge in [0.1, 0.15) is 21.8 Å². The monoisotopic (exact) mass is 820 g/mol. The minimum absolute atomic E-state index is 0.0561. The highest BCUT2D eigenvalue weighted by Gasteiger charge is 2.43. The van der Waals surface area contributed by atoms with Crippen LogP contribution in [0.1, 0.15) is 130 Å². The van der Waals surface area contributed by atoms with Gasteiger partial charge in [0, 0.05) is 42.9 Å². The first-order chi connectivity index (χ1) is 26.8. The number of esters is 2. The number of likely N-dealkylation sites (tertiary alicyclic amines) is 2. The second kappa shape index (κ2) is 19.4. The number of amides is 3. The Bertz CT molecular complexity index is 1920. The van der Waals surface area contributed by atoms with Crippen LogP contribution in [0.4, 0.5) is 11.4 Å². The van der Waals surface area contributed by atoms with Gasteiger partial charge in [-0.25, -0.2) is 9.59 Å². The summed E-state index contributed by atoms with van der Waals surface area (Å²) in [5, 5.41) is 3.21. The van der Waals surface area contributed by atoms with Gasteiger partial charge in [-0.05, 0) is 112 Å². The van der Waals surface area contributed by atoms with E-state index >= 15 is 0 Å². The van der Waals surface area contributed by atoms with Crippen molar-refractivity contribution in [1.82, 2.24) is 9.80 Å². The molecule has 2 atom stereocenters. The van der Waals surface area contributed by atoms with E-state index in [2.05, 4.69) is 35.9 Å². The van der Waals surface area contributed by atoms with E-state index < -0.39 is 18.0 Å². The molecule has 3 amide bonds. The van der Waals surface area contributed by atoms with Crippen LogP contribution in [0.2, 0.25) is 0 Å². The summed E-state index contributed by atoms with van der Waals surface area (Å²) in [6, 6.07) is 2.72. The Balaban J connectivity index is 0.000000266. The maximum absolute atomic E-state index is 13.9. The molecule has 0 unspecified atom stereocenters. The third-order valence-corrected chi connectivity index (χ3v) is 12.2. The summed E-state index contributed by atoms with van der Waals surface area (Å²) in [4.78, 5) is 71.6. The molecular weight excluding hydrogens is 761 g/mol. The minimum atomic E-state index is -0.599. The number of hydrogen-bond acceptors (Lipinski definition) is 10. The van der Waals surface area contributed by atoms with Gasteiger partial charge in [-0.1, -0.05) is 30.6 Å². The van der Waals surface area contributed by atoms with Gasteiger partial charge in [-0.15, -0.1) is 22.7 Å². The molecule has 1 aliphatic carbocycles. The molecule has 0 spiro atoms. The molecule has 2 aromatic heterocycles. The third-order valence-electron chi connectivity index (χ3n) is 10.1. The van der Waals surface area contributed by atoms with Crippen LogP contribution in [0.15, 0.2) is 12.1 Å². The number of likely N-dealkylation sites (N-methyl/N-ethyl adjacent to an activating group) is 2. The van der Waals surface area contributed by atoms with Crippen molar-refractivity contribution in [3.05, 3.63) is 31.6 Å². The van der Waals surface area contributed by atoms with E-state index in [0.29, 0.717) is 58.0 Å². The summed E-state index contributed by atoms with van der Waals surface area (Å²) < 4.78 is 9.90. The average Bonchev–Trinajstić information content (AvgIpc) is 3.95. The van der Waals surface area contributed by atoms with E-state index in [4.69, 9.17) is 9.47 Å². The van der Waals surface area contributed by atoms with Crippen molar-refractivity contribution >= 4 is 63.7 Å². The number of carbonyl (C=O) groups is 5. The van der Waals surface area contributed by atoms with Crippen LogP contribution < -0.4 is 10.2 Å². The summed E-state index contributed by atoms with van der Waals surface area (Å²) in [7, 11) is 2.69. The Hall–Kier alpha value is -4.33. The Morgan fingerprint density at radius 2 is 1.28 bits per heavy atom. The molecule has 57 heavy (non-hydrogen) atoms. The molecule has 3 aliphatic rings. The Morgan fingerprint density at radius 1 is 0.772 bits per heavy atom. The van der Waals surface area contributed by atoms with Gasteiger partial charge in [-0.3, -0.25) is 19.3 Å². The first-order valence-corrected chi connectivity index (χ1v) is 21.6. The van der Waals surface area contributed by atoms with Crippen molar-refractivity contribution < 1.29 is 33.4 Å². The van der Waals surface area contributed by atoms with Gasteiger partial charge in [-0.2, -0.15) is 0 Å². The van der Waals surface area contributed by atoms with Gasteiger partial charge in [0.15, 0.2) is 0 Å². The van der Waals surface area contributed by atoms with Gasteiger partial charge >= 0.3 is 11.9 Å². The van der Waals surface area contributed by atoms with Crippen molar-refractivity contribution in [3.8, 4) is 23.7 Å². The number of carbonyl (C=O) groups excluding carboxylic acids is 5. The van der Waals surface area contributed by atoms with Crippen molar-refractivity contribution in [2.45, 2.75) is 113 Å². The van der Waals surface area contributed by atoms with Gasteiger partial charge in [0.25, 0.3) is 0 Å². The molecule has 2 aromatic rings. The van der Waals surface area contributed by atoms with Crippen molar-refractivity contribution in [3.63, 3.8) is 0 Å². The van der Waals surface area contributed by atoms with Crippen LogP contribution in [0.5, 0.6) is 0 Å². The number of thiophene rings is 2. The molecule has 0 bridgehead atoms. The van der Waals surface area contributed by atoms with Crippen LogP contribution in [0.3, 0.4) is 0 Å². The number of nitrogens with one attached hydrogen (secondary N) is 1. The van der Waals surface area contributed by atoms with Crippen LogP contribution in [0.25, 0.3) is 0 Å². The number of anilines is 2. The molecule has 2 aliphatic heterocycles. The number of rotatable bonds is 9. The molecule has 5 rings (SSSR count). The summed E-state index contributed by atoms with van der Waals surface area (Å²) in [6.07, 6.45) is 4.90. The van der Waals surface area contributed by atoms with Gasteiger partial charge in [0.2, 0.25) is 17.7 Å². The summed E-state index contributed by atoms with van der Waals surface area (Å²) in [5.41, 5.74) is 0.769. The molecule has 2 saturated heterocycles.